The Morgan fingerprint density at radius 2 is 1.93 bits per heavy atom. The smallest absolute Gasteiger partial charge is 0.378 e. The number of alkyl halides is 3. The first-order valence-corrected chi connectivity index (χ1v) is 9.77. The van der Waals surface area contributed by atoms with Gasteiger partial charge in [-0.2, -0.15) is 13.2 Å². The fourth-order valence-electron chi connectivity index (χ4n) is 3.07. The summed E-state index contributed by atoms with van der Waals surface area (Å²) in [5, 5.41) is 8.27. The quantitative estimate of drug-likeness (QED) is 0.601. The third kappa shape index (κ3) is 4.25. The number of morpholine rings is 1. The number of anilines is 1. The van der Waals surface area contributed by atoms with Crippen molar-refractivity contribution in [2.24, 2.45) is 0 Å². The average molecular weight is 412 g/mol. The maximum absolute atomic E-state index is 13.1. The lowest BCUT2D eigenvalue weighted by molar-refractivity contribution is -0.141. The summed E-state index contributed by atoms with van der Waals surface area (Å²) >= 11 is 1.20. The molecule has 0 aliphatic carbocycles. The molecule has 0 saturated carbocycles. The minimum Gasteiger partial charge on any atom is -0.378 e. The first-order valence-electron chi connectivity index (χ1n) is 8.79. The summed E-state index contributed by atoms with van der Waals surface area (Å²) < 4.78 is 47.7. The minimum atomic E-state index is -4.36. The van der Waals surface area contributed by atoms with Gasteiger partial charge in [0.1, 0.15) is 12.2 Å². The van der Waals surface area contributed by atoms with Crippen molar-refractivity contribution < 1.29 is 17.9 Å². The van der Waals surface area contributed by atoms with E-state index in [4.69, 9.17) is 4.74 Å². The van der Waals surface area contributed by atoms with E-state index in [0.717, 1.165) is 21.5 Å². The number of pyridine rings is 1. The second-order valence-corrected chi connectivity index (χ2v) is 7.52. The molecule has 0 bridgehead atoms. The van der Waals surface area contributed by atoms with Crippen molar-refractivity contribution in [1.82, 2.24) is 24.1 Å². The predicted molar refractivity (Wildman–Crippen MR) is 98.6 cm³/mol. The van der Waals surface area contributed by atoms with Crippen LogP contribution in [-0.4, -0.2) is 56.6 Å². The summed E-state index contributed by atoms with van der Waals surface area (Å²) in [7, 11) is 0. The van der Waals surface area contributed by atoms with Gasteiger partial charge in [0.25, 0.3) is 0 Å². The Balaban J connectivity index is 1.56. The molecule has 0 unspecified atom stereocenters. The highest BCUT2D eigenvalue weighted by Crippen LogP contribution is 2.29. The zero-order valence-electron chi connectivity index (χ0n) is 15.2. The lowest BCUT2D eigenvalue weighted by atomic mass is 10.3. The molecule has 1 fully saturated rings. The lowest BCUT2D eigenvalue weighted by Crippen LogP contribution is -2.38. The Kier molecular flexibility index (Phi) is 5.19. The summed E-state index contributed by atoms with van der Waals surface area (Å²) in [6.07, 6.45) is -0.527. The van der Waals surface area contributed by atoms with Crippen LogP contribution in [0.4, 0.5) is 19.1 Å². The standard InChI is InChI=1S/C17H19F3N6OS/c1-12-2-3-14-21-13(9-25(14)8-12)10-28-16-23-22-15(24-4-6-27-7-5-24)26(16)11-17(18,19)20/h2-3,8-9H,4-7,10-11H2,1H3. The van der Waals surface area contributed by atoms with E-state index in [2.05, 4.69) is 15.2 Å². The van der Waals surface area contributed by atoms with Gasteiger partial charge in [-0.1, -0.05) is 17.8 Å². The monoisotopic (exact) mass is 412 g/mol. The van der Waals surface area contributed by atoms with Crippen molar-refractivity contribution in [3.63, 3.8) is 0 Å². The zero-order chi connectivity index (χ0) is 19.7. The molecule has 0 atom stereocenters. The fourth-order valence-corrected chi connectivity index (χ4v) is 3.88. The van der Waals surface area contributed by atoms with Crippen molar-refractivity contribution in [3.8, 4) is 0 Å². The minimum absolute atomic E-state index is 0.229. The summed E-state index contributed by atoms with van der Waals surface area (Å²) in [5.74, 6) is 0.633. The molecule has 4 heterocycles. The van der Waals surface area contributed by atoms with E-state index in [1.54, 1.807) is 4.90 Å². The Hall–Kier alpha value is -2.27. The van der Waals surface area contributed by atoms with Crippen LogP contribution in [0.1, 0.15) is 11.3 Å². The SMILES string of the molecule is Cc1ccc2nc(CSc3nnc(N4CCOCC4)n3CC(F)(F)F)cn2c1. The Morgan fingerprint density at radius 1 is 1.14 bits per heavy atom. The van der Waals surface area contributed by atoms with Crippen LogP contribution in [-0.2, 0) is 17.0 Å². The second kappa shape index (κ2) is 7.63. The van der Waals surface area contributed by atoms with Crippen LogP contribution in [0, 0.1) is 6.92 Å². The Morgan fingerprint density at radius 3 is 2.68 bits per heavy atom. The summed E-state index contributed by atoms with van der Waals surface area (Å²) in [5.41, 5.74) is 2.67. The van der Waals surface area contributed by atoms with Crippen molar-refractivity contribution >= 4 is 23.4 Å². The number of halogens is 3. The van der Waals surface area contributed by atoms with Crippen LogP contribution in [0.3, 0.4) is 0 Å². The molecule has 4 rings (SSSR count). The van der Waals surface area contributed by atoms with Crippen molar-refractivity contribution in [1.29, 1.82) is 0 Å². The predicted octanol–water partition coefficient (Wildman–Crippen LogP) is 2.93. The van der Waals surface area contributed by atoms with Gasteiger partial charge in [-0.15, -0.1) is 10.2 Å². The highest BCUT2D eigenvalue weighted by atomic mass is 32.2. The van der Waals surface area contributed by atoms with E-state index in [1.807, 2.05) is 35.9 Å². The molecule has 0 N–H and O–H groups in total. The lowest BCUT2D eigenvalue weighted by Gasteiger charge is -2.28. The molecule has 0 spiro atoms. The maximum Gasteiger partial charge on any atom is 0.406 e. The number of fused-ring (bicyclic) bond motifs is 1. The van der Waals surface area contributed by atoms with E-state index in [1.165, 1.54) is 11.8 Å². The highest BCUT2D eigenvalue weighted by molar-refractivity contribution is 7.98. The topological polar surface area (TPSA) is 60.5 Å². The number of rotatable bonds is 5. The van der Waals surface area contributed by atoms with Gasteiger partial charge in [0.05, 0.1) is 18.9 Å². The number of aryl methyl sites for hydroxylation is 1. The second-order valence-electron chi connectivity index (χ2n) is 6.58. The summed E-state index contributed by atoms with van der Waals surface area (Å²) in [6, 6.07) is 3.88. The van der Waals surface area contributed by atoms with Crippen LogP contribution < -0.4 is 4.90 Å². The van der Waals surface area contributed by atoms with Gasteiger partial charge in [-0.25, -0.2) is 4.98 Å². The van der Waals surface area contributed by atoms with Crippen LogP contribution in [0.5, 0.6) is 0 Å². The number of hydrogen-bond donors (Lipinski definition) is 0. The maximum atomic E-state index is 13.1. The molecule has 7 nitrogen and oxygen atoms in total. The molecule has 0 amide bonds. The molecule has 1 aliphatic heterocycles. The molecule has 3 aromatic heterocycles. The van der Waals surface area contributed by atoms with Gasteiger partial charge in [-0.3, -0.25) is 4.57 Å². The van der Waals surface area contributed by atoms with E-state index in [0.29, 0.717) is 32.1 Å². The van der Waals surface area contributed by atoms with Crippen molar-refractivity contribution in [2.75, 3.05) is 31.2 Å². The number of thioether (sulfide) groups is 1. The molecule has 1 aliphatic rings. The first kappa shape index (κ1) is 19.1. The molecular weight excluding hydrogens is 393 g/mol. The van der Waals surface area contributed by atoms with Crippen molar-refractivity contribution in [3.05, 3.63) is 35.8 Å². The number of hydrogen-bond acceptors (Lipinski definition) is 6. The van der Waals surface area contributed by atoms with E-state index >= 15 is 0 Å². The fraction of sp³-hybridized carbons (Fsp3) is 0.471. The number of ether oxygens (including phenoxy) is 1. The number of aromatic nitrogens is 5. The van der Waals surface area contributed by atoms with Crippen LogP contribution in [0.15, 0.2) is 29.7 Å². The molecule has 0 aromatic carbocycles. The van der Waals surface area contributed by atoms with E-state index in [-0.39, 0.29) is 11.1 Å². The molecule has 150 valence electrons. The molecule has 28 heavy (non-hydrogen) atoms. The average Bonchev–Trinajstić information content (AvgIpc) is 3.22. The highest BCUT2D eigenvalue weighted by Gasteiger charge is 2.32. The summed E-state index contributed by atoms with van der Waals surface area (Å²) in [4.78, 5) is 6.28. The van der Waals surface area contributed by atoms with Gasteiger partial charge < -0.3 is 14.0 Å². The van der Waals surface area contributed by atoms with Crippen LogP contribution >= 0.6 is 11.8 Å². The largest absolute Gasteiger partial charge is 0.406 e. The van der Waals surface area contributed by atoms with Gasteiger partial charge >= 0.3 is 6.18 Å². The van der Waals surface area contributed by atoms with E-state index in [9.17, 15) is 13.2 Å². The van der Waals surface area contributed by atoms with Crippen molar-refractivity contribution in [2.45, 2.75) is 30.6 Å². The van der Waals surface area contributed by atoms with Gasteiger partial charge in [0.15, 0.2) is 5.16 Å². The van der Waals surface area contributed by atoms with Crippen LogP contribution in [0.2, 0.25) is 0 Å². The summed E-state index contributed by atoms with van der Waals surface area (Å²) in [6.45, 7) is 2.77. The Labute approximate surface area is 163 Å². The molecule has 1 saturated heterocycles. The molecular formula is C17H19F3N6OS. The molecule has 0 radical (unpaired) electrons. The Bertz CT molecular complexity index is 964. The van der Waals surface area contributed by atoms with Crippen LogP contribution in [0.25, 0.3) is 5.65 Å². The third-order valence-corrected chi connectivity index (χ3v) is 5.33. The molecule has 11 heteroatoms. The van der Waals surface area contributed by atoms with Gasteiger partial charge in [-0.05, 0) is 18.6 Å². The number of imidazole rings is 1. The first-order chi connectivity index (χ1) is 13.4. The van der Waals surface area contributed by atoms with Gasteiger partial charge in [0, 0.05) is 31.2 Å². The third-order valence-electron chi connectivity index (χ3n) is 4.33. The van der Waals surface area contributed by atoms with Gasteiger partial charge in [0.2, 0.25) is 5.95 Å². The normalized spacial score (nSPS) is 15.5. The molecule has 3 aromatic rings. The zero-order valence-corrected chi connectivity index (χ0v) is 16.0. The number of nitrogens with zero attached hydrogens (tertiary/aromatic N) is 6. The van der Waals surface area contributed by atoms with E-state index < -0.39 is 12.7 Å².